The monoisotopic (exact) mass is 383 g/mol. The summed E-state index contributed by atoms with van der Waals surface area (Å²) in [4.78, 5) is 24.5. The van der Waals surface area contributed by atoms with Gasteiger partial charge in [0.1, 0.15) is 6.54 Å². The van der Waals surface area contributed by atoms with Crippen molar-refractivity contribution in [3.05, 3.63) is 65.3 Å². The summed E-state index contributed by atoms with van der Waals surface area (Å²) in [7, 11) is 0. The van der Waals surface area contributed by atoms with Crippen molar-refractivity contribution in [1.29, 1.82) is 0 Å². The van der Waals surface area contributed by atoms with Gasteiger partial charge in [0, 0.05) is 23.9 Å². The first-order valence-electron chi connectivity index (χ1n) is 8.85. The van der Waals surface area contributed by atoms with E-state index in [0.29, 0.717) is 28.7 Å². The molecule has 1 aromatic heterocycles. The summed E-state index contributed by atoms with van der Waals surface area (Å²) >= 11 is 6.23. The SMILES string of the molecule is CC(C)CNC(=O)c1ccc(NC(=O)Cn2ccc3ccccc32)cc1Cl. The minimum atomic E-state index is -0.217. The van der Waals surface area contributed by atoms with Crippen molar-refractivity contribution in [2.75, 3.05) is 11.9 Å². The molecule has 3 rings (SSSR count). The standard InChI is InChI=1S/C21H22ClN3O2/c1-14(2)12-23-21(27)17-8-7-16(11-18(17)22)24-20(26)13-25-10-9-15-5-3-4-6-19(15)25/h3-11,14H,12-13H2,1-2H3,(H,23,27)(H,24,26). The molecular weight excluding hydrogens is 362 g/mol. The maximum Gasteiger partial charge on any atom is 0.252 e. The highest BCUT2D eigenvalue weighted by atomic mass is 35.5. The number of benzene rings is 2. The minimum absolute atomic E-state index is 0.163. The van der Waals surface area contributed by atoms with Gasteiger partial charge >= 0.3 is 0 Å². The van der Waals surface area contributed by atoms with Gasteiger partial charge in [0.15, 0.2) is 0 Å². The second-order valence-corrected chi connectivity index (χ2v) is 7.26. The average molecular weight is 384 g/mol. The summed E-state index contributed by atoms with van der Waals surface area (Å²) in [6.07, 6.45) is 1.89. The predicted molar refractivity (Wildman–Crippen MR) is 109 cm³/mol. The number of nitrogens with one attached hydrogen (secondary N) is 2. The van der Waals surface area contributed by atoms with Crippen LogP contribution in [0.5, 0.6) is 0 Å². The number of amides is 2. The van der Waals surface area contributed by atoms with Gasteiger partial charge in [-0.2, -0.15) is 0 Å². The van der Waals surface area contributed by atoms with E-state index in [9.17, 15) is 9.59 Å². The maximum atomic E-state index is 12.4. The summed E-state index contributed by atoms with van der Waals surface area (Å²) < 4.78 is 1.89. The number of para-hydroxylation sites is 1. The molecule has 2 N–H and O–H groups in total. The predicted octanol–water partition coefficient (Wildman–Crippen LogP) is 4.32. The van der Waals surface area contributed by atoms with E-state index in [1.165, 1.54) is 0 Å². The van der Waals surface area contributed by atoms with Gasteiger partial charge < -0.3 is 15.2 Å². The van der Waals surface area contributed by atoms with Gasteiger partial charge in [0.2, 0.25) is 5.91 Å². The van der Waals surface area contributed by atoms with Gasteiger partial charge in [-0.25, -0.2) is 0 Å². The minimum Gasteiger partial charge on any atom is -0.352 e. The fourth-order valence-corrected chi connectivity index (χ4v) is 3.07. The van der Waals surface area contributed by atoms with E-state index >= 15 is 0 Å². The Morgan fingerprint density at radius 2 is 1.89 bits per heavy atom. The lowest BCUT2D eigenvalue weighted by molar-refractivity contribution is -0.116. The number of rotatable bonds is 6. The van der Waals surface area contributed by atoms with E-state index in [1.54, 1.807) is 18.2 Å². The summed E-state index contributed by atoms with van der Waals surface area (Å²) in [5, 5.41) is 7.05. The average Bonchev–Trinajstić information content (AvgIpc) is 3.03. The summed E-state index contributed by atoms with van der Waals surface area (Å²) in [5.41, 5.74) is 1.96. The summed E-state index contributed by atoms with van der Waals surface area (Å²) in [5.74, 6) is -0.0223. The Morgan fingerprint density at radius 3 is 2.63 bits per heavy atom. The Balaban J connectivity index is 1.66. The van der Waals surface area contributed by atoms with Crippen molar-refractivity contribution in [1.82, 2.24) is 9.88 Å². The van der Waals surface area contributed by atoms with E-state index in [1.807, 2.05) is 54.9 Å². The van der Waals surface area contributed by atoms with Gasteiger partial charge in [-0.1, -0.05) is 43.6 Å². The molecule has 0 spiro atoms. The topological polar surface area (TPSA) is 63.1 Å². The Morgan fingerprint density at radius 1 is 1.11 bits per heavy atom. The molecule has 5 nitrogen and oxygen atoms in total. The van der Waals surface area contributed by atoms with Crippen LogP contribution in [0, 0.1) is 5.92 Å². The molecule has 140 valence electrons. The molecule has 1 heterocycles. The number of nitrogens with zero attached hydrogens (tertiary/aromatic N) is 1. The van der Waals surface area contributed by atoms with Gasteiger partial charge in [0.05, 0.1) is 10.6 Å². The van der Waals surface area contributed by atoms with Crippen molar-refractivity contribution in [2.24, 2.45) is 5.92 Å². The molecule has 0 saturated carbocycles. The Kier molecular flexibility index (Phi) is 5.81. The summed E-state index contributed by atoms with van der Waals surface area (Å²) in [6.45, 7) is 4.82. The molecule has 2 amide bonds. The molecule has 2 aromatic carbocycles. The van der Waals surface area contributed by atoms with E-state index < -0.39 is 0 Å². The zero-order valence-corrected chi connectivity index (χ0v) is 16.1. The first-order chi connectivity index (χ1) is 12.9. The van der Waals surface area contributed by atoms with Crippen LogP contribution in [0.2, 0.25) is 5.02 Å². The fourth-order valence-electron chi connectivity index (χ4n) is 2.80. The Bertz CT molecular complexity index is 978. The zero-order valence-electron chi connectivity index (χ0n) is 15.3. The smallest absolute Gasteiger partial charge is 0.252 e. The molecule has 0 aliphatic carbocycles. The van der Waals surface area contributed by atoms with Crippen LogP contribution in [0.3, 0.4) is 0 Å². The molecule has 0 radical (unpaired) electrons. The lowest BCUT2D eigenvalue weighted by Crippen LogP contribution is -2.27. The number of carbonyl (C=O) groups excluding carboxylic acids is 2. The van der Waals surface area contributed by atoms with E-state index in [2.05, 4.69) is 10.6 Å². The normalized spacial score (nSPS) is 11.0. The third-order valence-electron chi connectivity index (χ3n) is 4.16. The molecule has 0 bridgehead atoms. The van der Waals surface area contributed by atoms with Crippen LogP contribution in [0.1, 0.15) is 24.2 Å². The highest BCUT2D eigenvalue weighted by Gasteiger charge is 2.12. The molecule has 0 atom stereocenters. The second-order valence-electron chi connectivity index (χ2n) is 6.85. The van der Waals surface area contributed by atoms with Gasteiger partial charge in [-0.05, 0) is 41.6 Å². The Labute approximate surface area is 163 Å². The summed E-state index contributed by atoms with van der Waals surface area (Å²) in [6, 6.07) is 14.8. The molecule has 0 fully saturated rings. The second kappa shape index (κ2) is 8.27. The number of halogens is 1. The van der Waals surface area contributed by atoms with Crippen molar-refractivity contribution < 1.29 is 9.59 Å². The van der Waals surface area contributed by atoms with Gasteiger partial charge in [-0.3, -0.25) is 9.59 Å². The van der Waals surface area contributed by atoms with Gasteiger partial charge in [0.25, 0.3) is 5.91 Å². The quantitative estimate of drug-likeness (QED) is 0.665. The molecule has 0 aliphatic heterocycles. The first kappa shape index (κ1) is 19.0. The highest BCUT2D eigenvalue weighted by molar-refractivity contribution is 6.34. The lowest BCUT2D eigenvalue weighted by Gasteiger charge is -2.11. The van der Waals surface area contributed by atoms with Crippen molar-refractivity contribution in [3.8, 4) is 0 Å². The van der Waals surface area contributed by atoms with Crippen molar-refractivity contribution in [2.45, 2.75) is 20.4 Å². The third-order valence-corrected chi connectivity index (χ3v) is 4.48. The van der Waals surface area contributed by atoms with E-state index in [0.717, 1.165) is 10.9 Å². The van der Waals surface area contributed by atoms with Crippen LogP contribution >= 0.6 is 11.6 Å². The number of aromatic nitrogens is 1. The molecule has 3 aromatic rings. The molecule has 27 heavy (non-hydrogen) atoms. The number of anilines is 1. The number of hydrogen-bond acceptors (Lipinski definition) is 2. The van der Waals surface area contributed by atoms with Gasteiger partial charge in [-0.15, -0.1) is 0 Å². The van der Waals surface area contributed by atoms with Crippen LogP contribution in [0.4, 0.5) is 5.69 Å². The van der Waals surface area contributed by atoms with Crippen molar-refractivity contribution >= 4 is 40.0 Å². The lowest BCUT2D eigenvalue weighted by atomic mass is 10.1. The van der Waals surface area contributed by atoms with Crippen LogP contribution in [0.15, 0.2) is 54.7 Å². The molecule has 6 heteroatoms. The Hall–Kier alpha value is -2.79. The third kappa shape index (κ3) is 4.68. The van der Waals surface area contributed by atoms with E-state index in [4.69, 9.17) is 11.6 Å². The van der Waals surface area contributed by atoms with Crippen LogP contribution in [0.25, 0.3) is 10.9 Å². The number of hydrogen-bond donors (Lipinski definition) is 2. The molecular formula is C21H22ClN3O2. The fraction of sp³-hybridized carbons (Fsp3) is 0.238. The first-order valence-corrected chi connectivity index (χ1v) is 9.23. The zero-order chi connectivity index (χ0) is 19.4. The number of fused-ring (bicyclic) bond motifs is 1. The highest BCUT2D eigenvalue weighted by Crippen LogP contribution is 2.21. The largest absolute Gasteiger partial charge is 0.352 e. The molecule has 0 saturated heterocycles. The molecule has 0 aliphatic rings. The number of carbonyl (C=O) groups is 2. The van der Waals surface area contributed by atoms with Crippen LogP contribution in [-0.4, -0.2) is 22.9 Å². The van der Waals surface area contributed by atoms with Crippen molar-refractivity contribution in [3.63, 3.8) is 0 Å². The maximum absolute atomic E-state index is 12.4. The van der Waals surface area contributed by atoms with Crippen LogP contribution in [-0.2, 0) is 11.3 Å². The molecule has 0 unspecified atom stereocenters. The van der Waals surface area contributed by atoms with Crippen LogP contribution < -0.4 is 10.6 Å². The van der Waals surface area contributed by atoms with E-state index in [-0.39, 0.29) is 18.4 Å².